The summed E-state index contributed by atoms with van der Waals surface area (Å²) in [6.07, 6.45) is 0.316. The van der Waals surface area contributed by atoms with Gasteiger partial charge in [0.1, 0.15) is 25.5 Å². The minimum absolute atomic E-state index is 0.186. The number of hydrogen-bond donors (Lipinski definition) is 1. The highest BCUT2D eigenvalue weighted by molar-refractivity contribution is 7.80. The molecule has 2 atom stereocenters. The van der Waals surface area contributed by atoms with Gasteiger partial charge in [0.15, 0.2) is 6.34 Å². The van der Waals surface area contributed by atoms with Crippen LogP contribution in [-0.2, 0) is 23.8 Å². The van der Waals surface area contributed by atoms with E-state index in [1.165, 1.54) is 37.4 Å². The van der Waals surface area contributed by atoms with Crippen LogP contribution in [0.5, 0.6) is 0 Å². The van der Waals surface area contributed by atoms with E-state index < -0.39 is 24.0 Å². The lowest BCUT2D eigenvalue weighted by Gasteiger charge is -2.32. The van der Waals surface area contributed by atoms with Crippen molar-refractivity contribution in [1.29, 1.82) is 0 Å². The maximum Gasteiger partial charge on any atom is 0.414 e. The van der Waals surface area contributed by atoms with Crippen molar-refractivity contribution in [2.24, 2.45) is 5.10 Å². The molecule has 2 amide bonds. The van der Waals surface area contributed by atoms with Crippen LogP contribution >= 0.6 is 12.2 Å². The van der Waals surface area contributed by atoms with Crippen molar-refractivity contribution in [3.8, 4) is 0 Å². The SMILES string of the molecule is COC(=S)NCC1CN(c2ccc(N3C=N[N+](C)(C(=O)COC(C)=O)CC3)c(F)c2)C(=O)O1. The molecule has 2 aliphatic heterocycles. The first kappa shape index (κ1) is 24.3. The number of thiocarbonyl (C=S) groups is 1. The first-order chi connectivity index (χ1) is 15.6. The number of benzene rings is 1. The number of nitrogens with zero attached hydrogens (tertiary/aromatic N) is 4. The highest BCUT2D eigenvalue weighted by atomic mass is 32.1. The molecule has 0 aliphatic carbocycles. The van der Waals surface area contributed by atoms with Crippen molar-refractivity contribution in [3.05, 3.63) is 24.0 Å². The van der Waals surface area contributed by atoms with Gasteiger partial charge in [-0.05, 0) is 30.4 Å². The van der Waals surface area contributed by atoms with E-state index in [1.54, 1.807) is 18.0 Å². The van der Waals surface area contributed by atoms with E-state index in [9.17, 15) is 18.8 Å². The van der Waals surface area contributed by atoms with Gasteiger partial charge in [0.05, 0.1) is 38.1 Å². The average Bonchev–Trinajstić information content (AvgIpc) is 3.16. The Bertz CT molecular complexity index is 992. The van der Waals surface area contributed by atoms with E-state index in [0.29, 0.717) is 12.2 Å². The molecule has 1 aromatic rings. The lowest BCUT2D eigenvalue weighted by atomic mass is 10.2. The molecule has 0 radical (unpaired) electrons. The average molecular weight is 483 g/mol. The van der Waals surface area contributed by atoms with E-state index in [1.807, 2.05) is 0 Å². The fourth-order valence-corrected chi connectivity index (χ4v) is 3.36. The summed E-state index contributed by atoms with van der Waals surface area (Å²) in [7, 11) is 3.02. The molecule has 0 aromatic heterocycles. The summed E-state index contributed by atoms with van der Waals surface area (Å²) in [5.74, 6) is -1.50. The van der Waals surface area contributed by atoms with E-state index in [-0.39, 0.29) is 47.6 Å². The molecule has 11 nitrogen and oxygen atoms in total. The van der Waals surface area contributed by atoms with Gasteiger partial charge in [-0.15, -0.1) is 4.59 Å². The number of nitrogens with one attached hydrogen (secondary N) is 1. The van der Waals surface area contributed by atoms with Crippen molar-refractivity contribution >= 4 is 53.1 Å². The Balaban J connectivity index is 1.65. The summed E-state index contributed by atoms with van der Waals surface area (Å²) in [6.45, 7) is 1.90. The van der Waals surface area contributed by atoms with Crippen LogP contribution in [0.4, 0.5) is 20.6 Å². The molecule has 2 unspecified atom stereocenters. The first-order valence-electron chi connectivity index (χ1n) is 10.1. The van der Waals surface area contributed by atoms with Crippen LogP contribution in [-0.4, -0.2) is 87.1 Å². The summed E-state index contributed by atoms with van der Waals surface area (Å²) in [4.78, 5) is 38.4. The van der Waals surface area contributed by atoms with E-state index >= 15 is 0 Å². The number of quaternary nitrogens is 1. The Morgan fingerprint density at radius 1 is 1.42 bits per heavy atom. The van der Waals surface area contributed by atoms with Gasteiger partial charge >= 0.3 is 18.0 Å². The van der Waals surface area contributed by atoms with Crippen molar-refractivity contribution in [2.45, 2.75) is 13.0 Å². The Morgan fingerprint density at radius 2 is 2.18 bits per heavy atom. The second-order valence-electron chi connectivity index (χ2n) is 7.59. The molecular formula is C20H25FN5O6S+. The number of carbonyl (C=O) groups is 3. The molecule has 0 bridgehead atoms. The van der Waals surface area contributed by atoms with Gasteiger partial charge in [-0.1, -0.05) is 5.10 Å². The quantitative estimate of drug-likeness (QED) is 0.360. The number of ether oxygens (including phenoxy) is 3. The summed E-state index contributed by atoms with van der Waals surface area (Å²) < 4.78 is 29.5. The normalized spacial score (nSPS) is 22.1. The van der Waals surface area contributed by atoms with Crippen LogP contribution in [0.3, 0.4) is 0 Å². The predicted octanol–water partition coefficient (Wildman–Crippen LogP) is 0.971. The summed E-state index contributed by atoms with van der Waals surface area (Å²) >= 11 is 4.90. The lowest BCUT2D eigenvalue weighted by molar-refractivity contribution is -0.841. The molecule has 178 valence electrons. The predicted molar refractivity (Wildman–Crippen MR) is 120 cm³/mol. The molecule has 2 aliphatic rings. The van der Waals surface area contributed by atoms with Crippen molar-refractivity contribution in [3.63, 3.8) is 0 Å². The Labute approximate surface area is 195 Å². The van der Waals surface area contributed by atoms with E-state index in [0.717, 1.165) is 0 Å². The minimum atomic E-state index is -0.587. The van der Waals surface area contributed by atoms with E-state index in [4.69, 9.17) is 26.4 Å². The standard InChI is InChI=1S/C20H24FN5O6S/c1-13(27)31-11-18(28)26(2)7-6-24(12-23-26)17-5-4-14(8-16(17)21)25-10-15(32-20(25)29)9-22-19(33)30-3/h4-5,8,12,15H,6-7,9-11H2,1-3H3/p+1. The molecule has 13 heteroatoms. The number of amides is 2. The molecular weight excluding hydrogens is 457 g/mol. The zero-order valence-electron chi connectivity index (χ0n) is 18.4. The number of esters is 1. The second kappa shape index (κ2) is 10.1. The topological polar surface area (TPSA) is 110 Å². The van der Waals surface area contributed by atoms with Crippen LogP contribution in [0.1, 0.15) is 6.92 Å². The molecule has 1 fully saturated rings. The third-order valence-electron chi connectivity index (χ3n) is 5.24. The molecule has 33 heavy (non-hydrogen) atoms. The van der Waals surface area contributed by atoms with Crippen molar-refractivity contribution in [1.82, 2.24) is 5.32 Å². The maximum atomic E-state index is 14.9. The number of anilines is 2. The van der Waals surface area contributed by atoms with Gasteiger partial charge in [-0.2, -0.15) is 0 Å². The molecule has 2 heterocycles. The fourth-order valence-electron chi connectivity index (χ4n) is 3.27. The Morgan fingerprint density at radius 3 is 2.79 bits per heavy atom. The number of methoxy groups -OCH3 is 1. The molecule has 0 spiro atoms. The number of halogens is 1. The van der Waals surface area contributed by atoms with Crippen LogP contribution in [0, 0.1) is 5.82 Å². The third kappa shape index (κ3) is 5.73. The summed E-state index contributed by atoms with van der Waals surface area (Å²) in [6, 6.07) is 4.39. The number of likely N-dealkylation sites (N-methyl/N-ethyl adjacent to an activating group) is 1. The van der Waals surface area contributed by atoms with Gasteiger partial charge in [-0.25, -0.2) is 14.0 Å². The molecule has 1 aromatic carbocycles. The number of cyclic esters (lactones) is 1. The Kier molecular flexibility index (Phi) is 7.43. The lowest BCUT2D eigenvalue weighted by Crippen LogP contribution is -2.54. The van der Waals surface area contributed by atoms with Crippen molar-refractivity contribution < 1.29 is 37.6 Å². The van der Waals surface area contributed by atoms with Gasteiger partial charge in [0.2, 0.25) is 6.61 Å². The van der Waals surface area contributed by atoms with Crippen molar-refractivity contribution in [2.75, 3.05) is 56.7 Å². The number of rotatable bonds is 6. The van der Waals surface area contributed by atoms with Crippen LogP contribution in [0.2, 0.25) is 0 Å². The van der Waals surface area contributed by atoms with Gasteiger partial charge in [-0.3, -0.25) is 9.69 Å². The third-order valence-corrected chi connectivity index (χ3v) is 5.56. The van der Waals surface area contributed by atoms with Gasteiger partial charge < -0.3 is 24.4 Å². The Hall–Kier alpha value is -3.32. The zero-order valence-corrected chi connectivity index (χ0v) is 19.3. The first-order valence-corrected chi connectivity index (χ1v) is 10.5. The summed E-state index contributed by atoms with van der Waals surface area (Å²) in [5.41, 5.74) is 0.599. The van der Waals surface area contributed by atoms with Gasteiger partial charge in [0.25, 0.3) is 5.17 Å². The fraction of sp³-hybridized carbons (Fsp3) is 0.450. The molecule has 1 saturated heterocycles. The monoisotopic (exact) mass is 482 g/mol. The zero-order chi connectivity index (χ0) is 24.2. The molecule has 1 N–H and O–H groups in total. The number of hydrogen-bond acceptors (Lipinski definition) is 9. The highest BCUT2D eigenvalue weighted by Crippen LogP contribution is 2.28. The van der Waals surface area contributed by atoms with Crippen LogP contribution in [0.15, 0.2) is 23.3 Å². The molecule has 3 rings (SSSR count). The molecule has 0 saturated carbocycles. The summed E-state index contributed by atoms with van der Waals surface area (Å²) in [5, 5.41) is 7.22. The largest absolute Gasteiger partial charge is 0.474 e. The van der Waals surface area contributed by atoms with E-state index in [2.05, 4.69) is 10.4 Å². The van der Waals surface area contributed by atoms with Gasteiger partial charge in [0, 0.05) is 6.92 Å². The van der Waals surface area contributed by atoms with Crippen LogP contribution in [0.25, 0.3) is 0 Å². The smallest absolute Gasteiger partial charge is 0.414 e. The maximum absolute atomic E-state index is 14.9. The number of carbonyl (C=O) groups excluding carboxylic acids is 3. The minimum Gasteiger partial charge on any atom is -0.474 e. The van der Waals surface area contributed by atoms with Crippen LogP contribution < -0.4 is 15.1 Å². The highest BCUT2D eigenvalue weighted by Gasteiger charge is 2.37. The second-order valence-corrected chi connectivity index (χ2v) is 7.96.